The first-order valence-electron chi connectivity index (χ1n) is 8.35. The summed E-state index contributed by atoms with van der Waals surface area (Å²) in [5.74, 6) is 0. The second-order valence-electron chi connectivity index (χ2n) is 6.26. The second kappa shape index (κ2) is 6.36. The Morgan fingerprint density at radius 3 is 2.08 bits per heavy atom. The van der Waals surface area contributed by atoms with E-state index in [0.29, 0.717) is 0 Å². The number of hydrogen-bond acceptors (Lipinski definition) is 2. The molecule has 0 atom stereocenters. The summed E-state index contributed by atoms with van der Waals surface area (Å²) in [6.07, 6.45) is 1.92. The first-order chi connectivity index (χ1) is 12.2. The Balaban J connectivity index is 1.72. The number of aromatic amines is 1. The molecule has 0 fully saturated rings. The van der Waals surface area contributed by atoms with Crippen LogP contribution in [0.25, 0.3) is 33.6 Å². The topological polar surface area (TPSA) is 41.6 Å². The fraction of sp³-hybridized carbons (Fsp3) is 0.0909. The Morgan fingerprint density at radius 1 is 0.720 bits per heavy atom. The van der Waals surface area contributed by atoms with Crippen molar-refractivity contribution in [3.63, 3.8) is 0 Å². The third-order valence-electron chi connectivity index (χ3n) is 4.37. The number of aryl methyl sites for hydroxylation is 2. The van der Waals surface area contributed by atoms with Gasteiger partial charge in [-0.1, -0.05) is 54.6 Å². The Hall–Kier alpha value is -3.20. The Morgan fingerprint density at radius 2 is 1.40 bits per heavy atom. The van der Waals surface area contributed by atoms with Crippen LogP contribution in [0, 0.1) is 13.8 Å². The van der Waals surface area contributed by atoms with Crippen LogP contribution in [0.5, 0.6) is 0 Å². The Kier molecular flexibility index (Phi) is 3.90. The number of nitrogens with one attached hydrogen (secondary N) is 1. The molecular formula is C22H19N3. The first-order valence-corrected chi connectivity index (χ1v) is 8.35. The van der Waals surface area contributed by atoms with Gasteiger partial charge in [0.05, 0.1) is 5.69 Å². The molecule has 0 aliphatic rings. The van der Waals surface area contributed by atoms with E-state index in [0.717, 1.165) is 22.6 Å². The minimum Gasteiger partial charge on any atom is -0.282 e. The van der Waals surface area contributed by atoms with E-state index in [1.165, 1.54) is 22.3 Å². The van der Waals surface area contributed by atoms with Gasteiger partial charge in [-0.15, -0.1) is 0 Å². The minimum atomic E-state index is 0.875. The highest BCUT2D eigenvalue weighted by molar-refractivity contribution is 5.74. The number of pyridine rings is 1. The van der Waals surface area contributed by atoms with Gasteiger partial charge in [0.25, 0.3) is 0 Å². The fourth-order valence-electron chi connectivity index (χ4n) is 3.00. The highest BCUT2D eigenvalue weighted by Crippen LogP contribution is 2.29. The molecule has 2 heterocycles. The standard InChI is InChI=1S/C22H19N3/c1-15-14-23-21(22-12-16(2)24-25-22)13-20(15)19-10-8-18(9-11-19)17-6-4-3-5-7-17/h3-14H,1-2H3,(H,24,25). The zero-order valence-corrected chi connectivity index (χ0v) is 14.3. The molecule has 1 N–H and O–H groups in total. The van der Waals surface area contributed by atoms with Gasteiger partial charge in [0.15, 0.2) is 0 Å². The lowest BCUT2D eigenvalue weighted by molar-refractivity contribution is 1.04. The molecule has 0 unspecified atom stereocenters. The molecule has 0 aliphatic heterocycles. The quantitative estimate of drug-likeness (QED) is 0.546. The van der Waals surface area contributed by atoms with Gasteiger partial charge < -0.3 is 0 Å². The first kappa shape index (κ1) is 15.3. The monoisotopic (exact) mass is 325 g/mol. The summed E-state index contributed by atoms with van der Waals surface area (Å²) in [6, 6.07) is 23.2. The van der Waals surface area contributed by atoms with E-state index in [4.69, 9.17) is 0 Å². The molecule has 4 aromatic rings. The molecule has 4 rings (SSSR count). The zero-order valence-electron chi connectivity index (χ0n) is 14.3. The summed E-state index contributed by atoms with van der Waals surface area (Å²) >= 11 is 0. The van der Waals surface area contributed by atoms with Crippen LogP contribution in [-0.4, -0.2) is 15.2 Å². The number of H-pyrrole nitrogens is 1. The van der Waals surface area contributed by atoms with Gasteiger partial charge >= 0.3 is 0 Å². The van der Waals surface area contributed by atoms with Crippen molar-refractivity contribution in [2.24, 2.45) is 0 Å². The normalized spacial score (nSPS) is 10.8. The van der Waals surface area contributed by atoms with E-state index in [1.54, 1.807) is 0 Å². The van der Waals surface area contributed by atoms with Gasteiger partial charge in [-0.25, -0.2) is 0 Å². The van der Waals surface area contributed by atoms with Crippen molar-refractivity contribution in [2.75, 3.05) is 0 Å². The van der Waals surface area contributed by atoms with E-state index >= 15 is 0 Å². The third-order valence-corrected chi connectivity index (χ3v) is 4.37. The number of hydrogen-bond donors (Lipinski definition) is 1. The van der Waals surface area contributed by atoms with Crippen LogP contribution in [0.2, 0.25) is 0 Å². The van der Waals surface area contributed by atoms with Crippen molar-refractivity contribution in [2.45, 2.75) is 13.8 Å². The maximum atomic E-state index is 4.53. The second-order valence-corrected chi connectivity index (χ2v) is 6.26. The van der Waals surface area contributed by atoms with Crippen LogP contribution in [-0.2, 0) is 0 Å². The van der Waals surface area contributed by atoms with Crippen LogP contribution >= 0.6 is 0 Å². The molecule has 0 aliphatic carbocycles. The smallest absolute Gasteiger partial charge is 0.111 e. The Bertz CT molecular complexity index is 999. The maximum absolute atomic E-state index is 4.53. The third kappa shape index (κ3) is 3.09. The van der Waals surface area contributed by atoms with Crippen LogP contribution in [0.3, 0.4) is 0 Å². The van der Waals surface area contributed by atoms with Crippen molar-refractivity contribution < 1.29 is 0 Å². The predicted molar refractivity (Wildman–Crippen MR) is 102 cm³/mol. The number of nitrogens with zero attached hydrogens (tertiary/aromatic N) is 2. The molecular weight excluding hydrogens is 306 g/mol. The predicted octanol–water partition coefficient (Wildman–Crippen LogP) is 5.42. The Labute approximate surface area is 147 Å². The van der Waals surface area contributed by atoms with Gasteiger partial charge in [-0.3, -0.25) is 10.1 Å². The molecule has 0 saturated carbocycles. The lowest BCUT2D eigenvalue weighted by Gasteiger charge is -2.09. The molecule has 0 bridgehead atoms. The van der Waals surface area contributed by atoms with Crippen LogP contribution in [0.1, 0.15) is 11.3 Å². The molecule has 2 aromatic heterocycles. The molecule has 0 radical (unpaired) electrons. The van der Waals surface area contributed by atoms with Crippen molar-refractivity contribution >= 4 is 0 Å². The fourth-order valence-corrected chi connectivity index (χ4v) is 3.00. The number of rotatable bonds is 3. The lowest BCUT2D eigenvalue weighted by Crippen LogP contribution is -1.90. The van der Waals surface area contributed by atoms with Gasteiger partial charge in [0.2, 0.25) is 0 Å². The van der Waals surface area contributed by atoms with E-state index in [2.05, 4.69) is 76.7 Å². The van der Waals surface area contributed by atoms with Crippen molar-refractivity contribution in [3.05, 3.63) is 84.2 Å². The summed E-state index contributed by atoms with van der Waals surface area (Å²) in [4.78, 5) is 4.53. The molecule has 3 nitrogen and oxygen atoms in total. The molecule has 25 heavy (non-hydrogen) atoms. The van der Waals surface area contributed by atoms with Gasteiger partial charge in [-0.05, 0) is 53.8 Å². The average Bonchev–Trinajstić information content (AvgIpc) is 3.09. The van der Waals surface area contributed by atoms with Gasteiger partial charge in [-0.2, -0.15) is 5.10 Å². The molecule has 0 spiro atoms. The lowest BCUT2D eigenvalue weighted by atomic mass is 9.98. The molecule has 2 aromatic carbocycles. The largest absolute Gasteiger partial charge is 0.282 e. The molecule has 3 heteroatoms. The average molecular weight is 325 g/mol. The van der Waals surface area contributed by atoms with Crippen LogP contribution < -0.4 is 0 Å². The molecule has 0 saturated heterocycles. The SMILES string of the molecule is Cc1cc(-c2cc(-c3ccc(-c4ccccc4)cc3)c(C)cn2)n[nH]1. The van der Waals surface area contributed by atoms with Crippen LogP contribution in [0.15, 0.2) is 72.9 Å². The summed E-state index contributed by atoms with van der Waals surface area (Å²) < 4.78 is 0. The highest BCUT2D eigenvalue weighted by atomic mass is 15.1. The molecule has 0 amide bonds. The van der Waals surface area contributed by atoms with Crippen molar-refractivity contribution in [1.29, 1.82) is 0 Å². The summed E-state index contributed by atoms with van der Waals surface area (Å²) in [6.45, 7) is 4.08. The van der Waals surface area contributed by atoms with Gasteiger partial charge in [0.1, 0.15) is 5.69 Å². The highest BCUT2D eigenvalue weighted by Gasteiger charge is 2.09. The summed E-state index contributed by atoms with van der Waals surface area (Å²) in [5.41, 5.74) is 8.78. The maximum Gasteiger partial charge on any atom is 0.111 e. The van der Waals surface area contributed by atoms with E-state index in [9.17, 15) is 0 Å². The van der Waals surface area contributed by atoms with E-state index in [-0.39, 0.29) is 0 Å². The van der Waals surface area contributed by atoms with E-state index < -0.39 is 0 Å². The van der Waals surface area contributed by atoms with Gasteiger partial charge in [0, 0.05) is 11.9 Å². The summed E-state index contributed by atoms with van der Waals surface area (Å²) in [7, 11) is 0. The van der Waals surface area contributed by atoms with E-state index in [1.807, 2.05) is 25.3 Å². The molecule has 122 valence electrons. The minimum absolute atomic E-state index is 0.875. The summed E-state index contributed by atoms with van der Waals surface area (Å²) in [5, 5.41) is 7.29. The van der Waals surface area contributed by atoms with Crippen molar-refractivity contribution in [1.82, 2.24) is 15.2 Å². The zero-order chi connectivity index (χ0) is 17.2. The van der Waals surface area contributed by atoms with Crippen molar-refractivity contribution in [3.8, 4) is 33.6 Å². The number of aromatic nitrogens is 3. The van der Waals surface area contributed by atoms with Crippen LogP contribution in [0.4, 0.5) is 0 Å². The number of benzene rings is 2.